The molecule has 0 saturated heterocycles. The summed E-state index contributed by atoms with van der Waals surface area (Å²) in [5.74, 6) is 1.67. The number of aryl methyl sites for hydroxylation is 1. The third-order valence-corrected chi connectivity index (χ3v) is 3.42. The molecule has 0 aliphatic carbocycles. The molecule has 0 atom stereocenters. The Kier molecular flexibility index (Phi) is 6.16. The second-order valence-electron chi connectivity index (χ2n) is 4.77. The highest BCUT2D eigenvalue weighted by atomic mass is 35.5. The van der Waals surface area contributed by atoms with Crippen molar-refractivity contribution in [1.29, 1.82) is 0 Å². The van der Waals surface area contributed by atoms with Crippen LogP contribution in [-0.4, -0.2) is 20.0 Å². The molecule has 0 unspecified atom stereocenters. The van der Waals surface area contributed by atoms with Crippen molar-refractivity contribution in [3.8, 4) is 11.5 Å². The fraction of sp³-hybridized carbons (Fsp3) is 0.533. The summed E-state index contributed by atoms with van der Waals surface area (Å²) in [5.41, 5.74) is 0.982. The average molecular weight is 285 g/mol. The lowest BCUT2D eigenvalue weighted by molar-refractivity contribution is -0.121. The van der Waals surface area contributed by atoms with Crippen molar-refractivity contribution in [2.75, 3.05) is 14.2 Å². The molecule has 19 heavy (non-hydrogen) atoms. The molecule has 0 radical (unpaired) electrons. The summed E-state index contributed by atoms with van der Waals surface area (Å²) < 4.78 is 10.4. The molecule has 0 aliphatic heterocycles. The van der Waals surface area contributed by atoms with Crippen molar-refractivity contribution in [2.24, 2.45) is 5.92 Å². The maximum Gasteiger partial charge on any atom is 0.162 e. The van der Waals surface area contributed by atoms with Crippen molar-refractivity contribution >= 4 is 17.4 Å². The van der Waals surface area contributed by atoms with Gasteiger partial charge in [-0.25, -0.2) is 0 Å². The predicted molar refractivity (Wildman–Crippen MR) is 77.3 cm³/mol. The summed E-state index contributed by atoms with van der Waals surface area (Å²) >= 11 is 6.19. The molecular formula is C15H21ClO3. The Morgan fingerprint density at radius 3 is 2.32 bits per heavy atom. The van der Waals surface area contributed by atoms with Gasteiger partial charge in [0.1, 0.15) is 5.78 Å². The smallest absolute Gasteiger partial charge is 0.162 e. The van der Waals surface area contributed by atoms with E-state index in [1.807, 2.05) is 19.9 Å². The molecule has 0 saturated carbocycles. The van der Waals surface area contributed by atoms with Crippen LogP contribution in [0.1, 0.15) is 32.3 Å². The first kappa shape index (κ1) is 15.8. The average Bonchev–Trinajstić information content (AvgIpc) is 2.39. The zero-order valence-corrected chi connectivity index (χ0v) is 12.7. The summed E-state index contributed by atoms with van der Waals surface area (Å²) in [6, 6.07) is 3.63. The van der Waals surface area contributed by atoms with Crippen LogP contribution < -0.4 is 9.47 Å². The summed E-state index contributed by atoms with van der Waals surface area (Å²) in [6.07, 6.45) is 2.15. The van der Waals surface area contributed by atoms with Crippen molar-refractivity contribution in [1.82, 2.24) is 0 Å². The van der Waals surface area contributed by atoms with Crippen LogP contribution in [0.5, 0.6) is 11.5 Å². The SMILES string of the molecule is COc1cc(Cl)c(CCCC(=O)C(C)C)cc1OC. The predicted octanol–water partition coefficient (Wildman–Crippen LogP) is 3.91. The van der Waals surface area contributed by atoms with Gasteiger partial charge >= 0.3 is 0 Å². The molecule has 0 aromatic heterocycles. The molecule has 3 nitrogen and oxygen atoms in total. The molecule has 1 aromatic carbocycles. The van der Waals surface area contributed by atoms with Gasteiger partial charge in [0.2, 0.25) is 0 Å². The van der Waals surface area contributed by atoms with Gasteiger partial charge in [0.25, 0.3) is 0 Å². The van der Waals surface area contributed by atoms with Gasteiger partial charge in [-0.2, -0.15) is 0 Å². The van der Waals surface area contributed by atoms with Gasteiger partial charge in [-0.3, -0.25) is 4.79 Å². The highest BCUT2D eigenvalue weighted by molar-refractivity contribution is 6.31. The van der Waals surface area contributed by atoms with Crippen LogP contribution in [-0.2, 0) is 11.2 Å². The maximum atomic E-state index is 11.6. The minimum absolute atomic E-state index is 0.0980. The molecular weight excluding hydrogens is 264 g/mol. The number of hydrogen-bond donors (Lipinski definition) is 0. The minimum Gasteiger partial charge on any atom is -0.493 e. The first-order valence-electron chi connectivity index (χ1n) is 6.42. The van der Waals surface area contributed by atoms with E-state index in [-0.39, 0.29) is 11.7 Å². The van der Waals surface area contributed by atoms with Crippen LogP contribution in [0.2, 0.25) is 5.02 Å². The highest BCUT2D eigenvalue weighted by Gasteiger charge is 2.11. The molecule has 0 aliphatic rings. The Hall–Kier alpha value is -1.22. The van der Waals surface area contributed by atoms with Crippen molar-refractivity contribution in [3.05, 3.63) is 22.7 Å². The summed E-state index contributed by atoms with van der Waals surface area (Å²) in [7, 11) is 3.17. The number of halogens is 1. The fourth-order valence-electron chi connectivity index (χ4n) is 1.83. The lowest BCUT2D eigenvalue weighted by atomic mass is 10.0. The minimum atomic E-state index is 0.0980. The Labute approximate surface area is 119 Å². The van der Waals surface area contributed by atoms with Crippen molar-refractivity contribution in [3.63, 3.8) is 0 Å². The van der Waals surface area contributed by atoms with E-state index in [0.717, 1.165) is 18.4 Å². The van der Waals surface area contributed by atoms with Crippen LogP contribution >= 0.6 is 11.6 Å². The molecule has 106 valence electrons. The fourth-order valence-corrected chi connectivity index (χ4v) is 2.08. The van der Waals surface area contributed by atoms with E-state index in [1.54, 1.807) is 20.3 Å². The Morgan fingerprint density at radius 1 is 1.21 bits per heavy atom. The Morgan fingerprint density at radius 2 is 1.79 bits per heavy atom. The number of ketones is 1. The van der Waals surface area contributed by atoms with Crippen LogP contribution in [0, 0.1) is 5.92 Å². The zero-order chi connectivity index (χ0) is 14.4. The maximum absolute atomic E-state index is 11.6. The summed E-state index contributed by atoms with van der Waals surface area (Å²) in [6.45, 7) is 3.84. The highest BCUT2D eigenvalue weighted by Crippen LogP contribution is 2.33. The summed E-state index contributed by atoms with van der Waals surface area (Å²) in [4.78, 5) is 11.6. The van der Waals surface area contributed by atoms with Gasteiger partial charge in [0.15, 0.2) is 11.5 Å². The first-order valence-corrected chi connectivity index (χ1v) is 6.80. The van der Waals surface area contributed by atoms with E-state index >= 15 is 0 Å². The molecule has 0 heterocycles. The Bertz CT molecular complexity index is 441. The molecule has 0 fully saturated rings. The van der Waals surface area contributed by atoms with E-state index in [4.69, 9.17) is 21.1 Å². The number of benzene rings is 1. The van der Waals surface area contributed by atoms with Gasteiger partial charge in [-0.1, -0.05) is 25.4 Å². The normalized spacial score (nSPS) is 10.6. The molecule has 1 aromatic rings. The third-order valence-electron chi connectivity index (χ3n) is 3.07. The van der Waals surface area contributed by atoms with Gasteiger partial charge < -0.3 is 9.47 Å². The van der Waals surface area contributed by atoms with E-state index in [9.17, 15) is 4.79 Å². The second kappa shape index (κ2) is 7.39. The number of carbonyl (C=O) groups excluding carboxylic acids is 1. The van der Waals surface area contributed by atoms with Gasteiger partial charge in [0, 0.05) is 23.4 Å². The van der Waals surface area contributed by atoms with E-state index in [1.165, 1.54) is 0 Å². The van der Waals surface area contributed by atoms with Crippen LogP contribution in [0.15, 0.2) is 12.1 Å². The third kappa shape index (κ3) is 4.43. The number of hydrogen-bond acceptors (Lipinski definition) is 3. The van der Waals surface area contributed by atoms with Crippen molar-refractivity contribution < 1.29 is 14.3 Å². The lowest BCUT2D eigenvalue weighted by Crippen LogP contribution is -2.07. The Balaban J connectivity index is 2.71. The monoisotopic (exact) mass is 284 g/mol. The van der Waals surface area contributed by atoms with Crippen LogP contribution in [0.4, 0.5) is 0 Å². The topological polar surface area (TPSA) is 35.5 Å². The standard InChI is InChI=1S/C15H21ClO3/c1-10(2)13(17)7-5-6-11-8-14(18-3)15(19-4)9-12(11)16/h8-10H,5-7H2,1-4H3. The van der Waals surface area contributed by atoms with E-state index in [2.05, 4.69) is 0 Å². The molecule has 0 amide bonds. The summed E-state index contributed by atoms with van der Waals surface area (Å²) in [5, 5.41) is 0.648. The van der Waals surface area contributed by atoms with Crippen molar-refractivity contribution in [2.45, 2.75) is 33.1 Å². The van der Waals surface area contributed by atoms with Gasteiger partial charge in [0.05, 0.1) is 14.2 Å². The molecule has 4 heteroatoms. The number of methoxy groups -OCH3 is 2. The molecule has 0 spiro atoms. The van der Waals surface area contributed by atoms with Gasteiger partial charge in [-0.05, 0) is 24.5 Å². The quantitative estimate of drug-likeness (QED) is 0.762. The lowest BCUT2D eigenvalue weighted by Gasteiger charge is -2.11. The van der Waals surface area contributed by atoms with Gasteiger partial charge in [-0.15, -0.1) is 0 Å². The second-order valence-corrected chi connectivity index (χ2v) is 5.18. The van der Waals surface area contributed by atoms with E-state index < -0.39 is 0 Å². The molecule has 1 rings (SSSR count). The van der Waals surface area contributed by atoms with Crippen LogP contribution in [0.3, 0.4) is 0 Å². The zero-order valence-electron chi connectivity index (χ0n) is 12.0. The van der Waals surface area contributed by atoms with Crippen LogP contribution in [0.25, 0.3) is 0 Å². The largest absolute Gasteiger partial charge is 0.493 e. The number of carbonyl (C=O) groups is 1. The number of rotatable bonds is 7. The molecule has 0 bridgehead atoms. The molecule has 0 N–H and O–H groups in total. The first-order chi connectivity index (χ1) is 8.99. The number of ether oxygens (including phenoxy) is 2. The number of Topliss-reactive ketones (excluding diaryl/α,β-unsaturated/α-hetero) is 1. The van der Waals surface area contributed by atoms with E-state index in [0.29, 0.717) is 22.9 Å².